The topological polar surface area (TPSA) is 12.0 Å². The van der Waals surface area contributed by atoms with Gasteiger partial charge in [0.25, 0.3) is 0 Å². The van der Waals surface area contributed by atoms with Crippen molar-refractivity contribution >= 4 is 11.3 Å². The Labute approximate surface area is 174 Å². The average molecular weight is 380 g/mol. The molecule has 0 spiro atoms. The first-order chi connectivity index (χ1) is 14.2. The molecule has 1 aliphatic carbocycles. The molecule has 146 valence electrons. The van der Waals surface area contributed by atoms with Crippen molar-refractivity contribution in [1.82, 2.24) is 0 Å². The molecule has 3 aromatic carbocycles. The number of hydrogen-bond donors (Lipinski definition) is 1. The molecule has 1 N–H and O–H groups in total. The molecule has 3 aromatic rings. The van der Waals surface area contributed by atoms with Gasteiger partial charge < -0.3 is 5.32 Å². The fraction of sp³-hybridized carbons (Fsp3) is 0.214. The van der Waals surface area contributed by atoms with Crippen LogP contribution < -0.4 is 5.32 Å². The van der Waals surface area contributed by atoms with Crippen LogP contribution in [0, 0.1) is 12.8 Å². The van der Waals surface area contributed by atoms with Crippen molar-refractivity contribution < 1.29 is 0 Å². The maximum absolute atomic E-state index is 3.93. The molecule has 0 aliphatic heterocycles. The summed E-state index contributed by atoms with van der Waals surface area (Å²) in [4.78, 5) is 0. The maximum atomic E-state index is 3.93. The molecule has 0 saturated heterocycles. The van der Waals surface area contributed by atoms with Crippen LogP contribution in [-0.4, -0.2) is 0 Å². The fourth-order valence-electron chi connectivity index (χ4n) is 4.47. The minimum atomic E-state index is -0.284. The van der Waals surface area contributed by atoms with Crippen LogP contribution in [0.1, 0.15) is 36.5 Å². The van der Waals surface area contributed by atoms with E-state index in [-0.39, 0.29) is 5.54 Å². The van der Waals surface area contributed by atoms with Gasteiger partial charge in [0.2, 0.25) is 0 Å². The third-order valence-corrected chi connectivity index (χ3v) is 5.90. The van der Waals surface area contributed by atoms with Gasteiger partial charge >= 0.3 is 0 Å². The van der Waals surface area contributed by atoms with E-state index in [1.54, 1.807) is 0 Å². The summed E-state index contributed by atoms with van der Waals surface area (Å²) in [6.45, 7) is 4.43. The summed E-state index contributed by atoms with van der Waals surface area (Å²) in [6.07, 6.45) is 9.13. The van der Waals surface area contributed by atoms with E-state index in [4.69, 9.17) is 0 Å². The van der Waals surface area contributed by atoms with Gasteiger partial charge in [0, 0.05) is 11.6 Å². The van der Waals surface area contributed by atoms with E-state index in [9.17, 15) is 0 Å². The minimum absolute atomic E-state index is 0.284. The van der Waals surface area contributed by atoms with Crippen LogP contribution in [0.3, 0.4) is 0 Å². The van der Waals surface area contributed by atoms with Gasteiger partial charge in [0.1, 0.15) is 0 Å². The second kappa shape index (κ2) is 8.53. The van der Waals surface area contributed by atoms with E-state index in [0.717, 1.165) is 18.5 Å². The summed E-state index contributed by atoms with van der Waals surface area (Å²) in [7, 11) is 0. The van der Waals surface area contributed by atoms with Gasteiger partial charge in [-0.3, -0.25) is 0 Å². The summed E-state index contributed by atoms with van der Waals surface area (Å²) >= 11 is 0. The summed E-state index contributed by atoms with van der Waals surface area (Å²) in [5.41, 5.74) is 6.18. The van der Waals surface area contributed by atoms with E-state index < -0.39 is 0 Å². The van der Waals surface area contributed by atoms with Crippen molar-refractivity contribution in [2.24, 2.45) is 5.92 Å². The monoisotopic (exact) mass is 379 g/mol. The highest BCUT2D eigenvalue weighted by Gasteiger charge is 2.41. The Morgan fingerprint density at radius 2 is 1.48 bits per heavy atom. The molecule has 0 saturated carbocycles. The Bertz CT molecular complexity index is 984. The van der Waals surface area contributed by atoms with Crippen molar-refractivity contribution in [3.8, 4) is 0 Å². The molecule has 2 atom stereocenters. The first-order valence-corrected chi connectivity index (χ1v) is 10.6. The smallest absolute Gasteiger partial charge is 0.0881 e. The van der Waals surface area contributed by atoms with E-state index in [0.29, 0.717) is 5.92 Å². The van der Waals surface area contributed by atoms with Gasteiger partial charge in [-0.15, -0.1) is 0 Å². The Kier molecular flexibility index (Phi) is 5.67. The highest BCUT2D eigenvalue weighted by Crippen LogP contribution is 2.47. The summed E-state index contributed by atoms with van der Waals surface area (Å²) in [5.74, 6) is 0.336. The molecule has 0 fully saturated rings. The molecule has 1 aliphatic rings. The predicted octanol–water partition coefficient (Wildman–Crippen LogP) is 7.37. The van der Waals surface area contributed by atoms with Gasteiger partial charge in [-0.05, 0) is 42.2 Å². The third kappa shape index (κ3) is 3.91. The molecule has 1 heteroatoms. The molecule has 29 heavy (non-hydrogen) atoms. The van der Waals surface area contributed by atoms with Crippen LogP contribution in [0.5, 0.6) is 0 Å². The SMILES string of the molecule is CCCC1C(c2ccc(C)cc2)=CC=C[C@]1(Nc1ccccc1)c1ccccc1. The quantitative estimate of drug-likeness (QED) is 0.471. The fourth-order valence-corrected chi connectivity index (χ4v) is 4.47. The van der Waals surface area contributed by atoms with Gasteiger partial charge in [0.15, 0.2) is 0 Å². The number of rotatable bonds is 6. The molecule has 0 radical (unpaired) electrons. The largest absolute Gasteiger partial charge is 0.372 e. The van der Waals surface area contributed by atoms with E-state index in [1.165, 1.54) is 22.3 Å². The lowest BCUT2D eigenvalue weighted by atomic mass is 9.68. The van der Waals surface area contributed by atoms with Gasteiger partial charge in [-0.2, -0.15) is 0 Å². The molecular weight excluding hydrogens is 350 g/mol. The molecule has 0 aromatic heterocycles. The lowest BCUT2D eigenvalue weighted by Crippen LogP contribution is -2.43. The zero-order chi connectivity index (χ0) is 20.1. The Balaban J connectivity index is 1.85. The number of aryl methyl sites for hydroxylation is 1. The first-order valence-electron chi connectivity index (χ1n) is 10.6. The van der Waals surface area contributed by atoms with E-state index in [1.807, 2.05) is 0 Å². The summed E-state index contributed by atoms with van der Waals surface area (Å²) in [5, 5.41) is 3.93. The number of hydrogen-bond acceptors (Lipinski definition) is 1. The Morgan fingerprint density at radius 1 is 0.828 bits per heavy atom. The molecule has 0 heterocycles. The second-order valence-electron chi connectivity index (χ2n) is 7.91. The van der Waals surface area contributed by atoms with Crippen molar-refractivity contribution in [3.05, 3.63) is 120 Å². The Morgan fingerprint density at radius 3 is 2.14 bits per heavy atom. The van der Waals surface area contributed by atoms with Crippen LogP contribution in [0.15, 0.2) is 103 Å². The van der Waals surface area contributed by atoms with Crippen LogP contribution in [0.2, 0.25) is 0 Å². The van der Waals surface area contributed by atoms with Gasteiger partial charge in [-0.25, -0.2) is 0 Å². The maximum Gasteiger partial charge on any atom is 0.0881 e. The van der Waals surface area contributed by atoms with Crippen molar-refractivity contribution in [2.45, 2.75) is 32.2 Å². The van der Waals surface area contributed by atoms with Crippen molar-refractivity contribution in [1.29, 1.82) is 0 Å². The zero-order valence-electron chi connectivity index (χ0n) is 17.3. The molecule has 0 amide bonds. The minimum Gasteiger partial charge on any atom is -0.372 e. The van der Waals surface area contributed by atoms with Crippen LogP contribution in [-0.2, 0) is 5.54 Å². The molecule has 1 nitrogen and oxygen atoms in total. The zero-order valence-corrected chi connectivity index (χ0v) is 17.3. The molecule has 4 rings (SSSR count). The highest BCUT2D eigenvalue weighted by molar-refractivity contribution is 5.74. The molecular formula is C28H29N. The van der Waals surface area contributed by atoms with Crippen molar-refractivity contribution in [3.63, 3.8) is 0 Å². The first kappa shape index (κ1) is 19.3. The summed E-state index contributed by atoms with van der Waals surface area (Å²) < 4.78 is 0. The van der Waals surface area contributed by atoms with Crippen LogP contribution >= 0.6 is 0 Å². The standard InChI is InChI=1S/C28H29N/c1-3-11-27-26(23-19-17-22(2)18-20-23)16-10-21-28(27,24-12-6-4-7-13-24)29-25-14-8-5-9-15-25/h4-10,12-21,27,29H,3,11H2,1-2H3/t27?,28-/m0/s1. The number of allylic oxidation sites excluding steroid dienone is 2. The number of anilines is 1. The summed E-state index contributed by atoms with van der Waals surface area (Å²) in [6, 6.07) is 30.4. The lowest BCUT2D eigenvalue weighted by molar-refractivity contribution is 0.421. The van der Waals surface area contributed by atoms with Crippen LogP contribution in [0.25, 0.3) is 5.57 Å². The van der Waals surface area contributed by atoms with Crippen molar-refractivity contribution in [2.75, 3.05) is 5.32 Å². The second-order valence-corrected chi connectivity index (χ2v) is 7.91. The number of para-hydroxylation sites is 1. The number of benzene rings is 3. The molecule has 0 bridgehead atoms. The highest BCUT2D eigenvalue weighted by atomic mass is 15.0. The van der Waals surface area contributed by atoms with E-state index >= 15 is 0 Å². The van der Waals surface area contributed by atoms with E-state index in [2.05, 4.69) is 122 Å². The van der Waals surface area contributed by atoms with Crippen LogP contribution in [0.4, 0.5) is 5.69 Å². The molecule has 1 unspecified atom stereocenters. The Hall–Kier alpha value is -3.06. The normalized spacial score (nSPS) is 20.9. The van der Waals surface area contributed by atoms with Gasteiger partial charge in [-0.1, -0.05) is 110 Å². The third-order valence-electron chi connectivity index (χ3n) is 5.90. The predicted molar refractivity (Wildman–Crippen MR) is 125 cm³/mol. The lowest BCUT2D eigenvalue weighted by Gasteiger charge is -2.44. The number of nitrogens with one attached hydrogen (secondary N) is 1. The average Bonchev–Trinajstić information content (AvgIpc) is 2.77. The van der Waals surface area contributed by atoms with Gasteiger partial charge in [0.05, 0.1) is 5.54 Å².